The number of carbonyl (C=O) groups is 4. The van der Waals surface area contributed by atoms with Crippen molar-refractivity contribution in [1.29, 1.82) is 0 Å². The van der Waals surface area contributed by atoms with Gasteiger partial charge in [-0.15, -0.1) is 11.8 Å². The molecule has 0 saturated carbocycles. The zero-order chi connectivity index (χ0) is 16.4. The summed E-state index contributed by atoms with van der Waals surface area (Å²) in [5.74, 6) is -2.98. The summed E-state index contributed by atoms with van der Waals surface area (Å²) in [6.45, 7) is 0. The minimum Gasteiger partial charge on any atom is -0.481 e. The number of thioether (sulfide) groups is 1. The van der Waals surface area contributed by atoms with Gasteiger partial charge in [-0.25, -0.2) is 4.79 Å². The van der Waals surface area contributed by atoms with Gasteiger partial charge in [0.2, 0.25) is 5.91 Å². The van der Waals surface area contributed by atoms with Crippen LogP contribution in [0.3, 0.4) is 0 Å². The maximum absolute atomic E-state index is 12.0. The Morgan fingerprint density at radius 2 is 2.00 bits per heavy atom. The molecule has 1 fully saturated rings. The van der Waals surface area contributed by atoms with Crippen molar-refractivity contribution < 1.29 is 29.4 Å². The van der Waals surface area contributed by atoms with Crippen LogP contribution in [0.4, 0.5) is 0 Å². The molecule has 2 aliphatic heterocycles. The average Bonchev–Trinajstić information content (AvgIpc) is 2.43. The van der Waals surface area contributed by atoms with E-state index in [0.29, 0.717) is 0 Å². The van der Waals surface area contributed by atoms with E-state index in [1.165, 1.54) is 11.8 Å². The van der Waals surface area contributed by atoms with Crippen molar-refractivity contribution >= 4 is 47.1 Å². The smallest absolute Gasteiger partial charge is 0.353 e. The molecule has 0 aromatic heterocycles. The van der Waals surface area contributed by atoms with Crippen LogP contribution in [-0.4, -0.2) is 56.0 Å². The van der Waals surface area contributed by atoms with Crippen LogP contribution in [0.1, 0.15) is 19.3 Å². The first-order valence-corrected chi connectivity index (χ1v) is 7.83. The summed E-state index contributed by atoms with van der Waals surface area (Å²) in [7, 11) is 0. The van der Waals surface area contributed by atoms with Crippen molar-refractivity contribution in [1.82, 2.24) is 10.2 Å². The van der Waals surface area contributed by atoms with E-state index in [1.54, 1.807) is 0 Å². The molecule has 1 saturated heterocycles. The molecule has 2 aliphatic rings. The maximum Gasteiger partial charge on any atom is 0.353 e. The van der Waals surface area contributed by atoms with Gasteiger partial charge in [0.05, 0.1) is 5.03 Å². The Morgan fingerprint density at radius 3 is 2.59 bits per heavy atom. The molecule has 0 bridgehead atoms. The fraction of sp³-hybridized carbons (Fsp3) is 0.500. The Balaban J connectivity index is 1.94. The van der Waals surface area contributed by atoms with Gasteiger partial charge in [-0.3, -0.25) is 19.3 Å². The summed E-state index contributed by atoms with van der Waals surface area (Å²) in [6, 6.07) is -0.804. The molecule has 2 amide bonds. The second kappa shape index (κ2) is 6.57. The molecule has 120 valence electrons. The number of fused-ring (bicyclic) bond motifs is 1. The normalized spacial score (nSPS) is 23.7. The largest absolute Gasteiger partial charge is 0.481 e. The van der Waals surface area contributed by atoms with Crippen LogP contribution in [0.15, 0.2) is 10.7 Å². The number of hydrogen-bond donors (Lipinski definition) is 3. The van der Waals surface area contributed by atoms with Gasteiger partial charge in [0.25, 0.3) is 5.91 Å². The summed E-state index contributed by atoms with van der Waals surface area (Å²) < 4.78 is 0. The number of rotatable bonds is 6. The highest BCUT2D eigenvalue weighted by Crippen LogP contribution is 2.41. The lowest BCUT2D eigenvalue weighted by Crippen LogP contribution is -2.70. The zero-order valence-electron chi connectivity index (χ0n) is 11.2. The van der Waals surface area contributed by atoms with Gasteiger partial charge in [-0.05, 0) is 6.42 Å². The van der Waals surface area contributed by atoms with Crippen LogP contribution in [0, 0.1) is 0 Å². The number of carboxylic acids is 2. The Kier molecular flexibility index (Phi) is 4.97. The lowest BCUT2D eigenvalue weighted by molar-refractivity contribution is -0.150. The van der Waals surface area contributed by atoms with E-state index < -0.39 is 35.2 Å². The minimum absolute atomic E-state index is 0.00412. The van der Waals surface area contributed by atoms with Crippen molar-refractivity contribution in [2.45, 2.75) is 30.7 Å². The van der Waals surface area contributed by atoms with Gasteiger partial charge < -0.3 is 15.5 Å². The van der Waals surface area contributed by atoms with Gasteiger partial charge in [0.15, 0.2) is 0 Å². The van der Waals surface area contributed by atoms with Crippen LogP contribution < -0.4 is 5.32 Å². The molecular formula is C12H13ClN2O6S. The van der Waals surface area contributed by atoms with Crippen molar-refractivity contribution in [2.24, 2.45) is 0 Å². The van der Waals surface area contributed by atoms with Gasteiger partial charge >= 0.3 is 11.9 Å². The standard InChI is InChI=1S/C12H13ClN2O6S/c13-5-4-22-11-8(10(19)15(11)9(5)12(20)21)14-6(16)2-1-3-7(17)18/h8,11H,1-4H2,(H,14,16)(H,17,18)(H,20,21)/t8-,11+/m1/s1. The number of nitrogens with zero attached hydrogens (tertiary/aromatic N) is 1. The molecule has 0 radical (unpaired) electrons. The Bertz CT molecular complexity index is 578. The molecule has 22 heavy (non-hydrogen) atoms. The number of halogens is 1. The predicted octanol–water partition coefficient (Wildman–Crippen LogP) is 0.176. The lowest BCUT2D eigenvalue weighted by Gasteiger charge is -2.48. The highest BCUT2D eigenvalue weighted by atomic mass is 35.5. The molecule has 0 aromatic carbocycles. The number of β-lactam (4-membered cyclic amide) rings is 1. The second-order valence-corrected chi connectivity index (χ2v) is 6.32. The van der Waals surface area contributed by atoms with Gasteiger partial charge in [0.1, 0.15) is 17.1 Å². The third-order valence-corrected chi connectivity index (χ3v) is 4.99. The molecule has 3 N–H and O–H groups in total. The fourth-order valence-electron chi connectivity index (χ4n) is 2.23. The van der Waals surface area contributed by atoms with E-state index in [-0.39, 0.29) is 35.7 Å². The van der Waals surface area contributed by atoms with Crippen molar-refractivity contribution in [3.8, 4) is 0 Å². The molecule has 0 aliphatic carbocycles. The van der Waals surface area contributed by atoms with Crippen molar-refractivity contribution in [3.05, 3.63) is 10.7 Å². The van der Waals surface area contributed by atoms with Crippen molar-refractivity contribution in [2.75, 3.05) is 5.75 Å². The summed E-state index contributed by atoms with van der Waals surface area (Å²) >= 11 is 7.10. The van der Waals surface area contributed by atoms with E-state index in [1.807, 2.05) is 0 Å². The Hall–Kier alpha value is -1.74. The maximum atomic E-state index is 12.0. The minimum atomic E-state index is -1.28. The van der Waals surface area contributed by atoms with E-state index in [4.69, 9.17) is 21.8 Å². The molecular weight excluding hydrogens is 336 g/mol. The van der Waals surface area contributed by atoms with Crippen LogP contribution >= 0.6 is 23.4 Å². The number of aliphatic carboxylic acids is 2. The van der Waals surface area contributed by atoms with E-state index in [0.717, 1.165) is 4.90 Å². The summed E-state index contributed by atoms with van der Waals surface area (Å²) in [6.07, 6.45) is 0.0450. The Morgan fingerprint density at radius 1 is 1.32 bits per heavy atom. The molecule has 0 spiro atoms. The van der Waals surface area contributed by atoms with Gasteiger partial charge in [0, 0.05) is 18.6 Å². The van der Waals surface area contributed by atoms with E-state index >= 15 is 0 Å². The SMILES string of the molecule is O=C(O)CCCC(=O)N[C@@H]1C(=O)N2C(C(=O)O)=C(Cl)CS[C@@H]12. The van der Waals surface area contributed by atoms with Crippen LogP contribution in [0.5, 0.6) is 0 Å². The monoisotopic (exact) mass is 348 g/mol. The summed E-state index contributed by atoms with van der Waals surface area (Å²) in [4.78, 5) is 46.3. The van der Waals surface area contributed by atoms with E-state index in [2.05, 4.69) is 5.32 Å². The summed E-state index contributed by atoms with van der Waals surface area (Å²) in [5.41, 5.74) is -0.244. The predicted molar refractivity (Wildman–Crippen MR) is 77.0 cm³/mol. The number of amides is 2. The quantitative estimate of drug-likeness (QED) is 0.585. The highest BCUT2D eigenvalue weighted by molar-refractivity contribution is 8.00. The lowest BCUT2D eigenvalue weighted by atomic mass is 10.0. The molecule has 2 atom stereocenters. The number of carboxylic acid groups (broad SMARTS) is 2. The molecule has 2 heterocycles. The zero-order valence-corrected chi connectivity index (χ0v) is 12.8. The molecule has 2 rings (SSSR count). The first-order chi connectivity index (χ1) is 10.3. The molecule has 0 aromatic rings. The first kappa shape index (κ1) is 16.6. The van der Waals surface area contributed by atoms with Gasteiger partial charge in [-0.2, -0.15) is 0 Å². The number of hydrogen-bond acceptors (Lipinski definition) is 5. The highest BCUT2D eigenvalue weighted by Gasteiger charge is 2.54. The Labute approximate surface area is 134 Å². The third-order valence-electron chi connectivity index (χ3n) is 3.24. The van der Waals surface area contributed by atoms with Crippen LogP contribution in [-0.2, 0) is 19.2 Å². The second-order valence-electron chi connectivity index (χ2n) is 4.76. The summed E-state index contributed by atoms with van der Waals surface area (Å²) in [5, 5.41) is 19.7. The number of nitrogens with one attached hydrogen (secondary N) is 1. The topological polar surface area (TPSA) is 124 Å². The van der Waals surface area contributed by atoms with Crippen LogP contribution in [0.2, 0.25) is 0 Å². The fourth-order valence-corrected chi connectivity index (χ4v) is 3.78. The van der Waals surface area contributed by atoms with Gasteiger partial charge in [-0.1, -0.05) is 11.6 Å². The number of carbonyl (C=O) groups excluding carboxylic acids is 2. The molecule has 8 nitrogen and oxygen atoms in total. The van der Waals surface area contributed by atoms with Crippen LogP contribution in [0.25, 0.3) is 0 Å². The first-order valence-electron chi connectivity index (χ1n) is 6.40. The molecule has 10 heteroatoms. The molecule has 0 unspecified atom stereocenters. The van der Waals surface area contributed by atoms with E-state index in [9.17, 15) is 19.2 Å². The average molecular weight is 349 g/mol. The third kappa shape index (κ3) is 3.20. The van der Waals surface area contributed by atoms with Crippen molar-refractivity contribution in [3.63, 3.8) is 0 Å².